The Balaban J connectivity index is 1.77. The Bertz CT molecular complexity index is 798. The molecule has 0 N–H and O–H groups in total. The molecule has 2 fully saturated rings. The Hall–Kier alpha value is -1.60. The summed E-state index contributed by atoms with van der Waals surface area (Å²) in [4.78, 5) is 0. The van der Waals surface area contributed by atoms with Gasteiger partial charge in [0.15, 0.2) is 0 Å². The van der Waals surface area contributed by atoms with E-state index in [1.54, 1.807) is 0 Å². The van der Waals surface area contributed by atoms with Gasteiger partial charge < -0.3 is 4.74 Å². The molecule has 0 saturated heterocycles. The van der Waals surface area contributed by atoms with Gasteiger partial charge in [0.25, 0.3) is 0 Å². The van der Waals surface area contributed by atoms with Crippen molar-refractivity contribution in [1.82, 2.24) is 0 Å². The van der Waals surface area contributed by atoms with Crippen molar-refractivity contribution in [2.24, 2.45) is 0 Å². The van der Waals surface area contributed by atoms with E-state index in [1.807, 2.05) is 0 Å². The van der Waals surface area contributed by atoms with E-state index in [0.717, 1.165) is 25.7 Å². The van der Waals surface area contributed by atoms with Gasteiger partial charge in [0.2, 0.25) is 0 Å². The van der Waals surface area contributed by atoms with Gasteiger partial charge in [-0.1, -0.05) is 140 Å². The lowest BCUT2D eigenvalue weighted by Crippen LogP contribution is -2.42. The zero-order chi connectivity index (χ0) is 24.7. The molecule has 1 heteroatoms. The smallest absolute Gasteiger partial charge is 0.0943 e. The van der Waals surface area contributed by atoms with Crippen molar-refractivity contribution in [2.75, 3.05) is 0 Å². The van der Waals surface area contributed by atoms with Crippen LogP contribution >= 0.6 is 0 Å². The fraction of sp³-hybridized carbons (Fsp3) is 0.647. The predicted molar refractivity (Wildman–Crippen MR) is 150 cm³/mol. The molecule has 0 heterocycles. The maximum atomic E-state index is 7.75. The van der Waals surface area contributed by atoms with Gasteiger partial charge in [0.1, 0.15) is 0 Å². The molecule has 192 valence electrons. The van der Waals surface area contributed by atoms with Gasteiger partial charge in [-0.3, -0.25) is 0 Å². The SMILES string of the molecule is CC(C)c1ccc(C2(OC3(c4ccc(C(C)C)cc4)CCCCCCC3)CCCCCCC2)cc1. The third-order valence-electron chi connectivity index (χ3n) is 8.92. The highest BCUT2D eigenvalue weighted by molar-refractivity contribution is 5.32. The molecule has 0 amide bonds. The molecule has 0 spiro atoms. The molecule has 2 saturated carbocycles. The normalized spacial score (nSPS) is 21.2. The second-order valence-corrected chi connectivity index (χ2v) is 12.2. The summed E-state index contributed by atoms with van der Waals surface area (Å²) in [6.07, 6.45) is 17.8. The van der Waals surface area contributed by atoms with E-state index >= 15 is 0 Å². The van der Waals surface area contributed by atoms with Crippen LogP contribution in [-0.2, 0) is 15.9 Å². The third kappa shape index (κ3) is 6.40. The maximum Gasteiger partial charge on any atom is 0.0943 e. The minimum absolute atomic E-state index is 0.175. The van der Waals surface area contributed by atoms with Gasteiger partial charge in [-0.15, -0.1) is 0 Å². The monoisotopic (exact) mass is 474 g/mol. The maximum absolute atomic E-state index is 7.75. The van der Waals surface area contributed by atoms with Crippen LogP contribution in [0.3, 0.4) is 0 Å². The highest BCUT2D eigenvalue weighted by atomic mass is 16.5. The third-order valence-corrected chi connectivity index (χ3v) is 8.92. The number of rotatable bonds is 6. The van der Waals surface area contributed by atoms with Crippen LogP contribution in [0.25, 0.3) is 0 Å². The second kappa shape index (κ2) is 12.1. The van der Waals surface area contributed by atoms with Gasteiger partial charge in [-0.25, -0.2) is 0 Å². The molecule has 0 aromatic heterocycles. The Morgan fingerprint density at radius 3 is 1.03 bits per heavy atom. The summed E-state index contributed by atoms with van der Waals surface area (Å²) in [6, 6.07) is 19.1. The van der Waals surface area contributed by atoms with Crippen molar-refractivity contribution in [3.05, 3.63) is 70.8 Å². The summed E-state index contributed by atoms with van der Waals surface area (Å²) in [7, 11) is 0. The molecule has 2 aliphatic rings. The molecule has 2 aliphatic carbocycles. The highest BCUT2D eigenvalue weighted by Gasteiger charge is 2.44. The molecular formula is C34H50O. The van der Waals surface area contributed by atoms with Gasteiger partial charge >= 0.3 is 0 Å². The molecule has 0 unspecified atom stereocenters. The zero-order valence-electron chi connectivity index (χ0n) is 23.1. The number of hydrogen-bond donors (Lipinski definition) is 0. The van der Waals surface area contributed by atoms with Gasteiger partial charge in [-0.2, -0.15) is 0 Å². The average molecular weight is 475 g/mol. The van der Waals surface area contributed by atoms with Crippen LogP contribution in [0.4, 0.5) is 0 Å². The first-order valence-electron chi connectivity index (χ1n) is 14.9. The molecule has 0 atom stereocenters. The van der Waals surface area contributed by atoms with Crippen molar-refractivity contribution < 1.29 is 4.74 Å². The number of hydrogen-bond acceptors (Lipinski definition) is 1. The van der Waals surface area contributed by atoms with E-state index in [9.17, 15) is 0 Å². The van der Waals surface area contributed by atoms with E-state index in [0.29, 0.717) is 11.8 Å². The van der Waals surface area contributed by atoms with Crippen LogP contribution in [0.15, 0.2) is 48.5 Å². The summed E-state index contributed by atoms with van der Waals surface area (Å²) in [5.41, 5.74) is 5.35. The van der Waals surface area contributed by atoms with E-state index in [1.165, 1.54) is 86.5 Å². The number of benzene rings is 2. The van der Waals surface area contributed by atoms with Crippen molar-refractivity contribution in [2.45, 2.75) is 141 Å². The molecule has 0 bridgehead atoms. The van der Waals surface area contributed by atoms with Crippen LogP contribution in [-0.4, -0.2) is 0 Å². The quantitative estimate of drug-likeness (QED) is 0.404. The Morgan fingerprint density at radius 1 is 0.457 bits per heavy atom. The Kier molecular flexibility index (Phi) is 9.14. The lowest BCUT2D eigenvalue weighted by atomic mass is 9.76. The van der Waals surface area contributed by atoms with Crippen LogP contribution in [0.1, 0.15) is 152 Å². The second-order valence-electron chi connectivity index (χ2n) is 12.2. The van der Waals surface area contributed by atoms with Crippen molar-refractivity contribution in [3.8, 4) is 0 Å². The van der Waals surface area contributed by atoms with E-state index in [2.05, 4.69) is 76.2 Å². The molecule has 35 heavy (non-hydrogen) atoms. The highest BCUT2D eigenvalue weighted by Crippen LogP contribution is 2.49. The van der Waals surface area contributed by atoms with Crippen LogP contribution in [0, 0.1) is 0 Å². The Morgan fingerprint density at radius 2 is 0.743 bits per heavy atom. The van der Waals surface area contributed by atoms with Gasteiger partial charge in [0.05, 0.1) is 11.2 Å². The fourth-order valence-corrected chi connectivity index (χ4v) is 6.57. The zero-order valence-corrected chi connectivity index (χ0v) is 23.1. The fourth-order valence-electron chi connectivity index (χ4n) is 6.57. The Labute approximate surface area is 216 Å². The summed E-state index contributed by atoms with van der Waals surface area (Å²) < 4.78 is 7.75. The average Bonchev–Trinajstić information content (AvgIpc) is 2.83. The van der Waals surface area contributed by atoms with Crippen LogP contribution < -0.4 is 0 Å². The molecule has 0 radical (unpaired) electrons. The molecular weight excluding hydrogens is 424 g/mol. The minimum atomic E-state index is -0.175. The molecule has 2 aromatic rings. The first-order valence-corrected chi connectivity index (χ1v) is 14.9. The van der Waals surface area contributed by atoms with E-state index in [-0.39, 0.29) is 11.2 Å². The number of ether oxygens (including phenoxy) is 1. The largest absolute Gasteiger partial charge is 0.359 e. The van der Waals surface area contributed by atoms with Gasteiger partial charge in [-0.05, 0) is 59.8 Å². The minimum Gasteiger partial charge on any atom is -0.359 e. The van der Waals surface area contributed by atoms with Crippen molar-refractivity contribution in [1.29, 1.82) is 0 Å². The predicted octanol–water partition coefficient (Wildman–Crippen LogP) is 10.5. The first kappa shape index (κ1) is 26.5. The summed E-state index contributed by atoms with van der Waals surface area (Å²) in [6.45, 7) is 9.17. The topological polar surface area (TPSA) is 9.23 Å². The summed E-state index contributed by atoms with van der Waals surface area (Å²) in [5, 5.41) is 0. The molecule has 2 aromatic carbocycles. The molecule has 1 nitrogen and oxygen atoms in total. The summed E-state index contributed by atoms with van der Waals surface area (Å²) >= 11 is 0. The lowest BCUT2D eigenvalue weighted by Gasteiger charge is -2.47. The van der Waals surface area contributed by atoms with E-state index < -0.39 is 0 Å². The van der Waals surface area contributed by atoms with Crippen LogP contribution in [0.2, 0.25) is 0 Å². The van der Waals surface area contributed by atoms with Crippen LogP contribution in [0.5, 0.6) is 0 Å². The standard InChI is InChI=1S/C34H50O/c1-27(2)29-15-19-31(20-16-29)33(23-11-7-5-8-12-24-33)35-34(25-13-9-6-10-14-26-34)32-21-17-30(18-22-32)28(3)4/h15-22,27-28H,5-14,23-26H2,1-4H3. The van der Waals surface area contributed by atoms with Crippen molar-refractivity contribution in [3.63, 3.8) is 0 Å². The summed E-state index contributed by atoms with van der Waals surface area (Å²) in [5.74, 6) is 1.13. The molecule has 4 rings (SSSR count). The molecule has 0 aliphatic heterocycles. The lowest BCUT2D eigenvalue weighted by molar-refractivity contribution is -0.189. The van der Waals surface area contributed by atoms with E-state index in [4.69, 9.17) is 4.74 Å². The van der Waals surface area contributed by atoms with Crippen molar-refractivity contribution >= 4 is 0 Å². The first-order chi connectivity index (χ1) is 16.9. The van der Waals surface area contributed by atoms with Gasteiger partial charge in [0, 0.05) is 0 Å².